The maximum absolute atomic E-state index is 4.05. The van der Waals surface area contributed by atoms with Gasteiger partial charge in [-0.3, -0.25) is 0 Å². The highest BCUT2D eigenvalue weighted by Crippen LogP contribution is 2.24. The summed E-state index contributed by atoms with van der Waals surface area (Å²) in [5.41, 5.74) is 1.03. The van der Waals surface area contributed by atoms with E-state index in [4.69, 9.17) is 0 Å². The third-order valence-electron chi connectivity index (χ3n) is 2.89. The third-order valence-corrected chi connectivity index (χ3v) is 2.89. The molecular formula is C11H17N3. The predicted molar refractivity (Wildman–Crippen MR) is 55.7 cm³/mol. The van der Waals surface area contributed by atoms with Gasteiger partial charge in [0.15, 0.2) is 0 Å². The van der Waals surface area contributed by atoms with Gasteiger partial charge in [-0.25, -0.2) is 0 Å². The van der Waals surface area contributed by atoms with Crippen LogP contribution in [0.15, 0.2) is 18.3 Å². The predicted octanol–water partition coefficient (Wildman–Crippen LogP) is 1.75. The molecule has 1 aliphatic carbocycles. The van der Waals surface area contributed by atoms with E-state index in [2.05, 4.69) is 22.4 Å². The molecule has 0 amide bonds. The highest BCUT2D eigenvalue weighted by molar-refractivity contribution is 4.99. The summed E-state index contributed by atoms with van der Waals surface area (Å²) in [6.45, 7) is 3.18. The molecule has 0 aromatic carbocycles. The Hall–Kier alpha value is -0.960. The zero-order chi connectivity index (χ0) is 9.80. The molecule has 3 nitrogen and oxygen atoms in total. The summed E-state index contributed by atoms with van der Waals surface area (Å²) < 4.78 is 0. The fourth-order valence-corrected chi connectivity index (χ4v) is 2.07. The Morgan fingerprint density at radius 2 is 2.43 bits per heavy atom. The van der Waals surface area contributed by atoms with Crippen LogP contribution in [0.2, 0.25) is 0 Å². The molecule has 1 heterocycles. The Kier molecular flexibility index (Phi) is 3.09. The molecule has 1 aromatic heterocycles. The van der Waals surface area contributed by atoms with Gasteiger partial charge in [-0.1, -0.05) is 6.92 Å². The highest BCUT2D eigenvalue weighted by atomic mass is 15.1. The minimum Gasteiger partial charge on any atom is -0.308 e. The van der Waals surface area contributed by atoms with Crippen molar-refractivity contribution in [2.45, 2.75) is 38.8 Å². The molecule has 0 bridgehead atoms. The van der Waals surface area contributed by atoms with Crippen LogP contribution in [0, 0.1) is 5.92 Å². The lowest BCUT2D eigenvalue weighted by Gasteiger charge is -2.10. The Labute approximate surface area is 84.9 Å². The molecule has 0 spiro atoms. The molecule has 2 rings (SSSR count). The van der Waals surface area contributed by atoms with E-state index in [1.807, 2.05) is 12.1 Å². The van der Waals surface area contributed by atoms with Gasteiger partial charge in [0.1, 0.15) is 0 Å². The average Bonchev–Trinajstić information content (AvgIpc) is 2.63. The smallest absolute Gasteiger partial charge is 0.0769 e. The van der Waals surface area contributed by atoms with E-state index in [1.165, 1.54) is 19.3 Å². The zero-order valence-electron chi connectivity index (χ0n) is 8.61. The van der Waals surface area contributed by atoms with Crippen molar-refractivity contribution in [3.8, 4) is 0 Å². The van der Waals surface area contributed by atoms with Crippen LogP contribution in [0.25, 0.3) is 0 Å². The van der Waals surface area contributed by atoms with Gasteiger partial charge in [0.2, 0.25) is 0 Å². The van der Waals surface area contributed by atoms with E-state index in [-0.39, 0.29) is 0 Å². The first-order chi connectivity index (χ1) is 6.84. The Bertz CT molecular complexity index is 273. The Morgan fingerprint density at radius 1 is 1.50 bits per heavy atom. The molecule has 2 unspecified atom stereocenters. The second-order valence-electron chi connectivity index (χ2n) is 4.21. The largest absolute Gasteiger partial charge is 0.308 e. The minimum absolute atomic E-state index is 0.687. The molecule has 76 valence electrons. The van der Waals surface area contributed by atoms with Gasteiger partial charge in [-0.2, -0.15) is 10.2 Å². The summed E-state index contributed by atoms with van der Waals surface area (Å²) in [6.07, 6.45) is 5.68. The molecule has 2 atom stereocenters. The van der Waals surface area contributed by atoms with Crippen molar-refractivity contribution in [1.82, 2.24) is 15.5 Å². The highest BCUT2D eigenvalue weighted by Gasteiger charge is 2.20. The molecule has 0 saturated heterocycles. The second kappa shape index (κ2) is 4.51. The maximum Gasteiger partial charge on any atom is 0.0769 e. The fourth-order valence-electron chi connectivity index (χ4n) is 2.07. The number of nitrogens with zero attached hydrogens (tertiary/aromatic N) is 2. The second-order valence-corrected chi connectivity index (χ2v) is 4.21. The summed E-state index contributed by atoms with van der Waals surface area (Å²) in [4.78, 5) is 0. The Morgan fingerprint density at radius 3 is 3.07 bits per heavy atom. The van der Waals surface area contributed by atoms with E-state index in [0.717, 1.165) is 18.2 Å². The number of nitrogens with one attached hydrogen (secondary N) is 1. The van der Waals surface area contributed by atoms with Crippen LogP contribution in [0.1, 0.15) is 31.9 Å². The lowest BCUT2D eigenvalue weighted by Crippen LogP contribution is -2.26. The average molecular weight is 191 g/mol. The summed E-state index contributed by atoms with van der Waals surface area (Å²) >= 11 is 0. The standard InChI is InChI=1S/C11H17N3/c1-9-4-5-10(7-9)12-8-11-3-2-6-13-14-11/h2-3,6,9-10,12H,4-5,7-8H2,1H3. The van der Waals surface area contributed by atoms with Gasteiger partial charge in [0.05, 0.1) is 5.69 Å². The monoisotopic (exact) mass is 191 g/mol. The summed E-state index contributed by atoms with van der Waals surface area (Å²) in [5.74, 6) is 0.884. The molecule has 1 aromatic rings. The number of hydrogen-bond donors (Lipinski definition) is 1. The van der Waals surface area contributed by atoms with E-state index in [0.29, 0.717) is 6.04 Å². The molecule has 1 aliphatic rings. The van der Waals surface area contributed by atoms with Gasteiger partial charge in [-0.05, 0) is 37.3 Å². The van der Waals surface area contributed by atoms with Gasteiger partial charge in [0, 0.05) is 18.8 Å². The first kappa shape index (κ1) is 9.59. The summed E-state index contributed by atoms with van der Waals surface area (Å²) in [5, 5.41) is 11.4. The molecule has 0 radical (unpaired) electrons. The van der Waals surface area contributed by atoms with Gasteiger partial charge >= 0.3 is 0 Å². The van der Waals surface area contributed by atoms with E-state index in [1.54, 1.807) is 6.20 Å². The first-order valence-corrected chi connectivity index (χ1v) is 5.34. The van der Waals surface area contributed by atoms with Crippen molar-refractivity contribution in [2.75, 3.05) is 0 Å². The molecular weight excluding hydrogens is 174 g/mol. The van der Waals surface area contributed by atoms with Crippen LogP contribution in [-0.4, -0.2) is 16.2 Å². The van der Waals surface area contributed by atoms with Crippen LogP contribution in [-0.2, 0) is 6.54 Å². The van der Waals surface area contributed by atoms with E-state index >= 15 is 0 Å². The van der Waals surface area contributed by atoms with Crippen molar-refractivity contribution >= 4 is 0 Å². The summed E-state index contributed by atoms with van der Waals surface area (Å²) in [6, 6.07) is 4.63. The van der Waals surface area contributed by atoms with Crippen molar-refractivity contribution < 1.29 is 0 Å². The van der Waals surface area contributed by atoms with Crippen molar-refractivity contribution in [1.29, 1.82) is 0 Å². The normalized spacial score (nSPS) is 26.6. The van der Waals surface area contributed by atoms with Crippen LogP contribution in [0.3, 0.4) is 0 Å². The van der Waals surface area contributed by atoms with Crippen molar-refractivity contribution in [2.24, 2.45) is 5.92 Å². The lowest BCUT2D eigenvalue weighted by atomic mass is 10.1. The zero-order valence-corrected chi connectivity index (χ0v) is 8.61. The quantitative estimate of drug-likeness (QED) is 0.791. The van der Waals surface area contributed by atoms with Gasteiger partial charge in [-0.15, -0.1) is 0 Å². The number of rotatable bonds is 3. The van der Waals surface area contributed by atoms with Crippen LogP contribution in [0.5, 0.6) is 0 Å². The SMILES string of the molecule is CC1CCC(NCc2cccnn2)C1. The van der Waals surface area contributed by atoms with Gasteiger partial charge < -0.3 is 5.32 Å². The third kappa shape index (κ3) is 2.51. The summed E-state index contributed by atoms with van der Waals surface area (Å²) in [7, 11) is 0. The fraction of sp³-hybridized carbons (Fsp3) is 0.636. The number of aromatic nitrogens is 2. The molecule has 1 N–H and O–H groups in total. The minimum atomic E-state index is 0.687. The molecule has 1 fully saturated rings. The molecule has 0 aliphatic heterocycles. The topological polar surface area (TPSA) is 37.8 Å². The Balaban J connectivity index is 1.78. The van der Waals surface area contributed by atoms with Crippen LogP contribution < -0.4 is 5.32 Å². The van der Waals surface area contributed by atoms with E-state index in [9.17, 15) is 0 Å². The number of hydrogen-bond acceptors (Lipinski definition) is 3. The van der Waals surface area contributed by atoms with E-state index < -0.39 is 0 Å². The first-order valence-electron chi connectivity index (χ1n) is 5.34. The molecule has 1 saturated carbocycles. The molecule has 3 heteroatoms. The van der Waals surface area contributed by atoms with Crippen molar-refractivity contribution in [3.05, 3.63) is 24.0 Å². The molecule has 14 heavy (non-hydrogen) atoms. The maximum atomic E-state index is 4.05. The van der Waals surface area contributed by atoms with Crippen molar-refractivity contribution in [3.63, 3.8) is 0 Å². The van der Waals surface area contributed by atoms with Crippen LogP contribution in [0.4, 0.5) is 0 Å². The van der Waals surface area contributed by atoms with Gasteiger partial charge in [0.25, 0.3) is 0 Å². The van der Waals surface area contributed by atoms with Crippen LogP contribution >= 0.6 is 0 Å². The lowest BCUT2D eigenvalue weighted by molar-refractivity contribution is 0.497.